The van der Waals surface area contributed by atoms with E-state index >= 15 is 0 Å². The highest BCUT2D eigenvalue weighted by Crippen LogP contribution is 2.37. The van der Waals surface area contributed by atoms with Crippen molar-refractivity contribution < 1.29 is 22.4 Å². The Morgan fingerprint density at radius 2 is 1.86 bits per heavy atom. The first-order valence-corrected chi connectivity index (χ1v) is 13.7. The van der Waals surface area contributed by atoms with Gasteiger partial charge < -0.3 is 13.6 Å². The molecule has 218 valence electrons. The van der Waals surface area contributed by atoms with Gasteiger partial charge in [-0.2, -0.15) is 13.2 Å². The van der Waals surface area contributed by atoms with Gasteiger partial charge in [0.05, 0.1) is 23.8 Å². The molecule has 0 aliphatic carbocycles. The number of rotatable bonds is 10. The summed E-state index contributed by atoms with van der Waals surface area (Å²) in [6.07, 6.45) is 5.98. The van der Waals surface area contributed by atoms with E-state index in [0.717, 1.165) is 35.5 Å². The van der Waals surface area contributed by atoms with Crippen molar-refractivity contribution in [3.63, 3.8) is 0 Å². The van der Waals surface area contributed by atoms with Gasteiger partial charge in [0, 0.05) is 54.4 Å². The molecule has 0 fully saturated rings. The molecule has 0 aliphatic heterocycles. The summed E-state index contributed by atoms with van der Waals surface area (Å²) in [5.41, 5.74) is 2.92. The van der Waals surface area contributed by atoms with Crippen LogP contribution in [0.4, 0.5) is 19.1 Å². The number of carbonyl (C=O) groups excluding carboxylic acids is 1. The van der Waals surface area contributed by atoms with Crippen molar-refractivity contribution in [2.45, 2.75) is 38.5 Å². The minimum atomic E-state index is -4.50. The van der Waals surface area contributed by atoms with E-state index < -0.39 is 17.8 Å². The maximum atomic E-state index is 13.4. The fourth-order valence-electron chi connectivity index (χ4n) is 5.20. The van der Waals surface area contributed by atoms with Crippen LogP contribution in [0.2, 0.25) is 0 Å². The third-order valence-corrected chi connectivity index (χ3v) is 7.26. The van der Waals surface area contributed by atoms with Crippen LogP contribution in [0, 0.1) is 0 Å². The van der Waals surface area contributed by atoms with Crippen molar-refractivity contribution in [2.75, 3.05) is 4.90 Å². The van der Waals surface area contributed by atoms with E-state index in [1.807, 2.05) is 47.2 Å². The van der Waals surface area contributed by atoms with Crippen LogP contribution in [0.15, 0.2) is 102 Å². The summed E-state index contributed by atoms with van der Waals surface area (Å²) in [5, 5.41) is 0.240. The van der Waals surface area contributed by atoms with Gasteiger partial charge in [-0.3, -0.25) is 14.7 Å². The summed E-state index contributed by atoms with van der Waals surface area (Å²) in [5.74, 6) is 0.715. The lowest BCUT2D eigenvalue weighted by Crippen LogP contribution is -2.31. The highest BCUT2D eigenvalue weighted by Gasteiger charge is 2.32. The zero-order valence-electron chi connectivity index (χ0n) is 23.1. The summed E-state index contributed by atoms with van der Waals surface area (Å²) in [6.45, 7) is 2.67. The van der Waals surface area contributed by atoms with Gasteiger partial charge in [-0.25, -0.2) is 9.97 Å². The van der Waals surface area contributed by atoms with Crippen LogP contribution in [-0.4, -0.2) is 30.5 Å². The molecule has 1 atom stereocenters. The normalized spacial score (nSPS) is 12.5. The number of imidazole rings is 2. The van der Waals surface area contributed by atoms with Crippen molar-refractivity contribution in [1.29, 1.82) is 0 Å². The maximum Gasteiger partial charge on any atom is 0.416 e. The molecule has 0 N–H and O–H groups in total. The first-order chi connectivity index (χ1) is 20.9. The molecule has 0 bridgehead atoms. The Kier molecular flexibility index (Phi) is 7.54. The van der Waals surface area contributed by atoms with Gasteiger partial charge in [0.15, 0.2) is 0 Å². The average Bonchev–Trinajstić information content (AvgIpc) is 3.77. The molecule has 6 aromatic rings. The van der Waals surface area contributed by atoms with Crippen molar-refractivity contribution in [3.05, 3.63) is 115 Å². The number of furan rings is 1. The summed E-state index contributed by atoms with van der Waals surface area (Å²) < 4.78 is 50.0. The van der Waals surface area contributed by atoms with Crippen LogP contribution >= 0.6 is 0 Å². The van der Waals surface area contributed by atoms with E-state index in [0.29, 0.717) is 30.9 Å². The van der Waals surface area contributed by atoms with E-state index in [2.05, 4.69) is 21.5 Å². The number of aromatic nitrogens is 5. The number of anilines is 1. The van der Waals surface area contributed by atoms with Gasteiger partial charge in [0.2, 0.25) is 12.3 Å². The molecule has 2 aromatic carbocycles. The Labute approximate surface area is 245 Å². The van der Waals surface area contributed by atoms with Gasteiger partial charge in [-0.15, -0.1) is 0 Å². The molecular weight excluding hydrogens is 557 g/mol. The van der Waals surface area contributed by atoms with Crippen LogP contribution < -0.4 is 4.90 Å². The quantitative estimate of drug-likeness (QED) is 0.158. The number of benzene rings is 2. The largest absolute Gasteiger partial charge is 0.440 e. The molecule has 11 heteroatoms. The first-order valence-electron chi connectivity index (χ1n) is 13.7. The number of amides is 1. The molecule has 4 heterocycles. The molecule has 0 radical (unpaired) electrons. The van der Waals surface area contributed by atoms with E-state index in [1.165, 1.54) is 17.0 Å². The fourth-order valence-corrected chi connectivity index (χ4v) is 5.20. The fraction of sp³-hybridized carbons (Fsp3) is 0.188. The molecule has 0 aliphatic rings. The SMILES string of the molecule is CCCn1c(-c2ccc(-n3ccnc3)cc2)cnc1C(Cc1ccccn1)N(C=O)c1cc2cc(C(F)(F)F)ccc2o1. The van der Waals surface area contributed by atoms with Crippen LogP contribution in [0.25, 0.3) is 27.9 Å². The smallest absolute Gasteiger partial charge is 0.416 e. The Hall–Kier alpha value is -5.19. The number of alkyl halides is 3. The topological polar surface area (TPSA) is 82.0 Å². The molecule has 8 nitrogen and oxygen atoms in total. The molecule has 0 spiro atoms. The summed E-state index contributed by atoms with van der Waals surface area (Å²) in [7, 11) is 0. The molecule has 0 saturated heterocycles. The first kappa shape index (κ1) is 28.0. The molecule has 4 aromatic heterocycles. The number of halogens is 3. The number of carbonyl (C=O) groups is 1. The van der Waals surface area contributed by atoms with Gasteiger partial charge >= 0.3 is 6.18 Å². The summed E-state index contributed by atoms with van der Waals surface area (Å²) in [4.78, 5) is 27.5. The molecular formula is C32H27F3N6O2. The van der Waals surface area contributed by atoms with Crippen molar-refractivity contribution in [2.24, 2.45) is 0 Å². The predicted molar refractivity (Wildman–Crippen MR) is 156 cm³/mol. The van der Waals surface area contributed by atoms with E-state index in [4.69, 9.17) is 9.40 Å². The zero-order chi connectivity index (χ0) is 30.0. The summed E-state index contributed by atoms with van der Waals surface area (Å²) >= 11 is 0. The highest BCUT2D eigenvalue weighted by molar-refractivity contribution is 5.86. The predicted octanol–water partition coefficient (Wildman–Crippen LogP) is 7.25. The number of hydrogen-bond acceptors (Lipinski definition) is 5. The van der Waals surface area contributed by atoms with Crippen LogP contribution in [-0.2, 0) is 23.9 Å². The molecule has 43 heavy (non-hydrogen) atoms. The molecule has 1 amide bonds. The Morgan fingerprint density at radius 3 is 2.53 bits per heavy atom. The van der Waals surface area contributed by atoms with E-state index in [-0.39, 0.29) is 16.9 Å². The van der Waals surface area contributed by atoms with Gasteiger partial charge in [0.25, 0.3) is 0 Å². The lowest BCUT2D eigenvalue weighted by atomic mass is 10.1. The lowest BCUT2D eigenvalue weighted by molar-refractivity contribution is -0.137. The highest BCUT2D eigenvalue weighted by atomic mass is 19.4. The van der Waals surface area contributed by atoms with Crippen molar-refractivity contribution in [3.8, 4) is 16.9 Å². The Morgan fingerprint density at radius 1 is 1.02 bits per heavy atom. The van der Waals surface area contributed by atoms with E-state index in [9.17, 15) is 18.0 Å². The Bertz CT molecular complexity index is 1830. The van der Waals surface area contributed by atoms with E-state index in [1.54, 1.807) is 31.0 Å². The van der Waals surface area contributed by atoms with Crippen LogP contribution in [0.3, 0.4) is 0 Å². The third-order valence-electron chi connectivity index (χ3n) is 7.26. The van der Waals surface area contributed by atoms with Gasteiger partial charge in [-0.1, -0.05) is 25.1 Å². The number of nitrogens with zero attached hydrogens (tertiary/aromatic N) is 6. The molecule has 6 rings (SSSR count). The summed E-state index contributed by atoms with van der Waals surface area (Å²) in [6, 6.07) is 17.5. The van der Waals surface area contributed by atoms with Gasteiger partial charge in [0.1, 0.15) is 17.4 Å². The number of fused-ring (bicyclic) bond motifs is 1. The molecule has 0 saturated carbocycles. The second kappa shape index (κ2) is 11.6. The monoisotopic (exact) mass is 584 g/mol. The minimum Gasteiger partial charge on any atom is -0.440 e. The second-order valence-electron chi connectivity index (χ2n) is 10.1. The minimum absolute atomic E-state index is 0.113. The second-order valence-corrected chi connectivity index (χ2v) is 10.1. The maximum absolute atomic E-state index is 13.4. The standard InChI is InChI=1S/C32H27F3N6O2/c1-2-14-40-28(22-6-9-26(10-7-22)39-15-13-36-20-39)19-38-31(40)27(18-25-5-3-4-12-37-25)41(21-42)30-17-23-16-24(32(33,34)35)8-11-29(23)43-30/h3-13,15-17,19-21,27H,2,14,18H2,1H3. The Balaban J connectivity index is 1.43. The van der Waals surface area contributed by atoms with Crippen LogP contribution in [0.1, 0.15) is 36.5 Å². The van der Waals surface area contributed by atoms with Crippen molar-refractivity contribution >= 4 is 23.3 Å². The average molecular weight is 585 g/mol. The molecule has 1 unspecified atom stereocenters. The zero-order valence-corrected chi connectivity index (χ0v) is 23.1. The van der Waals surface area contributed by atoms with Crippen LogP contribution in [0.5, 0.6) is 0 Å². The number of pyridine rings is 1. The lowest BCUT2D eigenvalue weighted by Gasteiger charge is -2.27. The third kappa shape index (κ3) is 5.66. The van der Waals surface area contributed by atoms with Crippen molar-refractivity contribution in [1.82, 2.24) is 24.1 Å². The number of hydrogen-bond donors (Lipinski definition) is 0. The van der Waals surface area contributed by atoms with Gasteiger partial charge in [-0.05, 0) is 54.4 Å².